The van der Waals surface area contributed by atoms with Crippen LogP contribution in [-0.2, 0) is 33.5 Å². The molecule has 3 unspecified atom stereocenters. The Balaban J connectivity index is 1.57. The average Bonchev–Trinajstić information content (AvgIpc) is 3.34. The van der Waals surface area contributed by atoms with E-state index in [0.29, 0.717) is 0 Å². The first-order chi connectivity index (χ1) is 19.4. The molecule has 1 aromatic heterocycles. The number of aliphatic carboxylic acids is 2. The third-order valence-corrected chi connectivity index (χ3v) is 7.76. The number of carboxylic acid groups (broad SMARTS) is 2. The first-order valence-corrected chi connectivity index (χ1v) is 13.4. The van der Waals surface area contributed by atoms with Crippen molar-refractivity contribution >= 4 is 63.7 Å². The van der Waals surface area contributed by atoms with E-state index in [9.17, 15) is 44.4 Å². The maximum absolute atomic E-state index is 13.3. The maximum atomic E-state index is 13.3. The Kier molecular flexibility index (Phi) is 8.33. The van der Waals surface area contributed by atoms with Crippen molar-refractivity contribution in [3.8, 4) is 11.5 Å². The van der Waals surface area contributed by atoms with Crippen LogP contribution in [0.15, 0.2) is 40.0 Å². The summed E-state index contributed by atoms with van der Waals surface area (Å²) in [7, 11) is 0. The molecule has 3 heterocycles. The highest BCUT2D eigenvalue weighted by Crippen LogP contribution is 2.40. The van der Waals surface area contributed by atoms with E-state index < -0.39 is 64.5 Å². The molecule has 2 amide bonds. The van der Waals surface area contributed by atoms with Crippen LogP contribution in [0.2, 0.25) is 0 Å². The molecule has 1 fully saturated rings. The van der Waals surface area contributed by atoms with Crippen LogP contribution in [0, 0.1) is 0 Å². The molecule has 16 nitrogen and oxygen atoms in total. The summed E-state index contributed by atoms with van der Waals surface area (Å²) in [6, 6.07) is 1.95. The smallest absolute Gasteiger partial charge is 0.352 e. The third-order valence-electron chi connectivity index (χ3n) is 5.74. The Morgan fingerprint density at radius 2 is 1.98 bits per heavy atom. The largest absolute Gasteiger partial charge is 0.504 e. The molecule has 1 aromatic carbocycles. The summed E-state index contributed by atoms with van der Waals surface area (Å²) in [6.45, 7) is 0.840. The van der Waals surface area contributed by atoms with Gasteiger partial charge in [-0.3, -0.25) is 19.3 Å². The molecule has 4 rings (SSSR count). The summed E-state index contributed by atoms with van der Waals surface area (Å²) >= 11 is 2.08. The van der Waals surface area contributed by atoms with Crippen molar-refractivity contribution in [3.05, 3.63) is 46.1 Å². The highest BCUT2D eigenvalue weighted by Gasteiger charge is 2.54. The summed E-state index contributed by atoms with van der Waals surface area (Å²) in [4.78, 5) is 71.2. The number of oxime groups is 1. The lowest BCUT2D eigenvalue weighted by molar-refractivity contribution is -0.151. The summed E-state index contributed by atoms with van der Waals surface area (Å²) in [5.41, 5.74) is 4.77. The minimum absolute atomic E-state index is 0.0454. The van der Waals surface area contributed by atoms with Crippen LogP contribution >= 0.6 is 23.1 Å². The van der Waals surface area contributed by atoms with Gasteiger partial charge in [0.05, 0.1) is 0 Å². The van der Waals surface area contributed by atoms with Crippen molar-refractivity contribution in [1.82, 2.24) is 15.2 Å². The number of phenols is 2. The van der Waals surface area contributed by atoms with Gasteiger partial charge in [-0.05, 0) is 12.1 Å². The number of fused-ring (bicyclic) bond motifs is 1. The molecule has 0 saturated carbocycles. The standard InChI is InChI=1S/C23H21N5O11S2/c1-8(29)38-5-10-6-40-20-15(19(33)28(20)16(10)21(34)35)26-18(32)14(11-7-41-23(24)25-11)27-39-17(22(36)37)9-2-3-12(30)13(31)4-9/h2-4,7,15,17,20,30-31H,5-6H2,1H3,(H2,24,25)(H,26,32)(H,34,35)(H,36,37). The number of thiazole rings is 1. The Morgan fingerprint density at radius 3 is 2.56 bits per heavy atom. The van der Waals surface area contributed by atoms with E-state index in [1.165, 1.54) is 5.38 Å². The lowest BCUT2D eigenvalue weighted by Crippen LogP contribution is -2.71. The molecule has 18 heteroatoms. The quantitative estimate of drug-likeness (QED) is 0.0683. The topological polar surface area (TPSA) is 251 Å². The number of nitrogen functional groups attached to an aromatic ring is 1. The van der Waals surface area contributed by atoms with Gasteiger partial charge in [-0.15, -0.1) is 23.1 Å². The maximum Gasteiger partial charge on any atom is 0.352 e. The highest BCUT2D eigenvalue weighted by atomic mass is 32.2. The van der Waals surface area contributed by atoms with Gasteiger partial charge in [-0.25, -0.2) is 14.6 Å². The summed E-state index contributed by atoms with van der Waals surface area (Å²) in [5, 5.41) is 45.3. The normalized spacial score (nSPS) is 19.1. The number of benzene rings is 1. The van der Waals surface area contributed by atoms with Gasteiger partial charge in [0.2, 0.25) is 6.10 Å². The number of hydrogen-bond donors (Lipinski definition) is 6. The number of carbonyl (C=O) groups excluding carboxylic acids is 3. The van der Waals surface area contributed by atoms with Gasteiger partial charge in [0.15, 0.2) is 22.3 Å². The molecule has 3 atom stereocenters. The molecule has 41 heavy (non-hydrogen) atoms. The number of β-lactam (4-membered cyclic amide) rings is 1. The number of thioether (sulfide) groups is 1. The number of nitrogens with zero attached hydrogens (tertiary/aromatic N) is 3. The average molecular weight is 608 g/mol. The van der Waals surface area contributed by atoms with Crippen molar-refractivity contribution in [2.75, 3.05) is 18.1 Å². The molecule has 1 saturated heterocycles. The number of aromatic hydroxyl groups is 2. The number of aromatic nitrogens is 1. The van der Waals surface area contributed by atoms with Gasteiger partial charge in [0.25, 0.3) is 11.8 Å². The minimum atomic E-state index is -1.83. The van der Waals surface area contributed by atoms with E-state index in [0.717, 1.165) is 53.1 Å². The molecule has 2 aromatic rings. The van der Waals surface area contributed by atoms with Crippen LogP contribution in [-0.4, -0.2) is 89.5 Å². The highest BCUT2D eigenvalue weighted by molar-refractivity contribution is 8.00. The molecule has 0 bridgehead atoms. The van der Waals surface area contributed by atoms with Crippen LogP contribution in [0.4, 0.5) is 5.13 Å². The second kappa shape index (κ2) is 11.7. The van der Waals surface area contributed by atoms with Gasteiger partial charge in [-0.2, -0.15) is 0 Å². The number of anilines is 1. The van der Waals surface area contributed by atoms with Crippen LogP contribution in [0.25, 0.3) is 0 Å². The second-order valence-corrected chi connectivity index (χ2v) is 10.5. The van der Waals surface area contributed by atoms with Crippen molar-refractivity contribution in [1.29, 1.82) is 0 Å². The molecule has 2 aliphatic heterocycles. The number of amides is 2. The number of nitrogens with two attached hydrogens (primary N) is 1. The van der Waals surface area contributed by atoms with Crippen molar-refractivity contribution in [2.24, 2.45) is 5.16 Å². The third kappa shape index (κ3) is 6.02. The monoisotopic (exact) mass is 607 g/mol. The Labute approximate surface area is 238 Å². The van der Waals surface area contributed by atoms with Crippen LogP contribution in [0.1, 0.15) is 24.3 Å². The lowest BCUT2D eigenvalue weighted by Gasteiger charge is -2.49. The summed E-state index contributed by atoms with van der Waals surface area (Å²) in [5.74, 6) is -6.36. The SMILES string of the molecule is CC(=O)OCC1=C(C(=O)O)N2C(=O)C(NC(=O)C(=NOC(C(=O)O)c3ccc(O)c(O)c3)c3csc(N)n3)C2SC1. The van der Waals surface area contributed by atoms with E-state index >= 15 is 0 Å². The molecule has 0 spiro atoms. The van der Waals surface area contributed by atoms with Crippen molar-refractivity contribution in [3.63, 3.8) is 0 Å². The number of phenolic OH excluding ortho intramolecular Hbond substituents is 2. The first kappa shape index (κ1) is 29.2. The zero-order valence-electron chi connectivity index (χ0n) is 20.8. The van der Waals surface area contributed by atoms with Crippen LogP contribution in [0.3, 0.4) is 0 Å². The fourth-order valence-corrected chi connectivity index (χ4v) is 5.73. The zero-order chi connectivity index (χ0) is 30.0. The van der Waals surface area contributed by atoms with E-state index in [4.69, 9.17) is 15.3 Å². The number of rotatable bonds is 10. The molecule has 0 aliphatic carbocycles. The van der Waals surface area contributed by atoms with Crippen molar-refractivity contribution in [2.45, 2.75) is 24.4 Å². The number of carboxylic acids is 2. The second-order valence-electron chi connectivity index (χ2n) is 8.48. The Hall–Kier alpha value is -4.84. The lowest BCUT2D eigenvalue weighted by atomic mass is 10.0. The number of ether oxygens (including phenoxy) is 1. The van der Waals surface area contributed by atoms with Crippen LogP contribution < -0.4 is 11.1 Å². The first-order valence-electron chi connectivity index (χ1n) is 11.4. The minimum Gasteiger partial charge on any atom is -0.504 e. The Bertz CT molecular complexity index is 1500. The number of hydrogen-bond acceptors (Lipinski definition) is 14. The van der Waals surface area contributed by atoms with E-state index in [1.807, 2.05) is 0 Å². The number of esters is 1. The van der Waals surface area contributed by atoms with Crippen LogP contribution in [0.5, 0.6) is 11.5 Å². The number of carbonyl (C=O) groups is 5. The van der Waals surface area contributed by atoms with E-state index in [-0.39, 0.29) is 40.0 Å². The van der Waals surface area contributed by atoms with E-state index in [1.54, 1.807) is 0 Å². The van der Waals surface area contributed by atoms with Gasteiger partial charge in [-0.1, -0.05) is 11.2 Å². The fourth-order valence-electron chi connectivity index (χ4n) is 3.85. The summed E-state index contributed by atoms with van der Waals surface area (Å²) in [6.07, 6.45) is -1.83. The molecular formula is C23H21N5O11S2. The molecule has 7 N–H and O–H groups in total. The predicted molar refractivity (Wildman–Crippen MR) is 141 cm³/mol. The van der Waals surface area contributed by atoms with E-state index in [2.05, 4.69) is 15.5 Å². The molecule has 216 valence electrons. The molecule has 2 aliphatic rings. The van der Waals surface area contributed by atoms with Crippen molar-refractivity contribution < 1.29 is 54.0 Å². The van der Waals surface area contributed by atoms with Gasteiger partial charge in [0.1, 0.15) is 29.4 Å². The van der Waals surface area contributed by atoms with Gasteiger partial charge >= 0.3 is 17.9 Å². The number of nitrogens with one attached hydrogen (secondary N) is 1. The summed E-state index contributed by atoms with van der Waals surface area (Å²) < 4.78 is 4.89. The fraction of sp³-hybridized carbons (Fsp3) is 0.261. The van der Waals surface area contributed by atoms with Gasteiger partial charge < -0.3 is 41.1 Å². The zero-order valence-corrected chi connectivity index (χ0v) is 22.5. The van der Waals surface area contributed by atoms with Gasteiger partial charge in [0, 0.05) is 29.2 Å². The Morgan fingerprint density at radius 1 is 1.24 bits per heavy atom. The molecule has 0 radical (unpaired) electrons. The predicted octanol–water partition coefficient (Wildman–Crippen LogP) is -0.0152. The molecular weight excluding hydrogens is 586 g/mol.